The number of hydrogen-bond acceptors (Lipinski definition) is 3. The van der Waals surface area contributed by atoms with Crippen molar-refractivity contribution >= 4 is 28.1 Å². The summed E-state index contributed by atoms with van der Waals surface area (Å²) in [7, 11) is 0. The van der Waals surface area contributed by atoms with Crippen molar-refractivity contribution in [3.8, 4) is 0 Å². The van der Waals surface area contributed by atoms with Gasteiger partial charge in [-0.05, 0) is 48.0 Å². The first kappa shape index (κ1) is 12.6. The SMILES string of the molecule is N/C=C(/Br)C=NC1CCC2(CCC(=O)N2)CC1. The van der Waals surface area contributed by atoms with E-state index in [0.717, 1.165) is 36.6 Å². The van der Waals surface area contributed by atoms with Crippen LogP contribution in [0.2, 0.25) is 0 Å². The maximum atomic E-state index is 11.3. The maximum Gasteiger partial charge on any atom is 0.220 e. The zero-order chi connectivity index (χ0) is 12.3. The summed E-state index contributed by atoms with van der Waals surface area (Å²) in [5, 5.41) is 3.13. The second-order valence-corrected chi connectivity index (χ2v) is 5.81. The monoisotopic (exact) mass is 299 g/mol. The van der Waals surface area contributed by atoms with Gasteiger partial charge in [-0.2, -0.15) is 0 Å². The van der Waals surface area contributed by atoms with Crippen molar-refractivity contribution in [1.29, 1.82) is 0 Å². The largest absolute Gasteiger partial charge is 0.404 e. The Hall–Kier alpha value is -0.840. The van der Waals surface area contributed by atoms with Gasteiger partial charge in [-0.15, -0.1) is 0 Å². The van der Waals surface area contributed by atoms with Crippen LogP contribution in [0.25, 0.3) is 0 Å². The molecule has 94 valence electrons. The first-order valence-electron chi connectivity index (χ1n) is 6.05. The van der Waals surface area contributed by atoms with E-state index in [1.165, 1.54) is 6.20 Å². The maximum absolute atomic E-state index is 11.3. The van der Waals surface area contributed by atoms with Gasteiger partial charge in [0.05, 0.1) is 10.5 Å². The van der Waals surface area contributed by atoms with Crippen LogP contribution >= 0.6 is 15.9 Å². The van der Waals surface area contributed by atoms with Crippen LogP contribution < -0.4 is 11.1 Å². The Morgan fingerprint density at radius 1 is 1.47 bits per heavy atom. The van der Waals surface area contributed by atoms with Crippen LogP contribution in [0, 0.1) is 0 Å². The Kier molecular flexibility index (Phi) is 3.86. The van der Waals surface area contributed by atoms with E-state index >= 15 is 0 Å². The van der Waals surface area contributed by atoms with E-state index in [1.807, 2.05) is 0 Å². The highest BCUT2D eigenvalue weighted by atomic mass is 79.9. The molecular weight excluding hydrogens is 282 g/mol. The number of hydrogen-bond donors (Lipinski definition) is 2. The molecule has 1 aliphatic heterocycles. The molecule has 17 heavy (non-hydrogen) atoms. The van der Waals surface area contributed by atoms with Crippen molar-refractivity contribution in [3.05, 3.63) is 10.7 Å². The van der Waals surface area contributed by atoms with E-state index < -0.39 is 0 Å². The summed E-state index contributed by atoms with van der Waals surface area (Å²) in [5.41, 5.74) is 5.44. The van der Waals surface area contributed by atoms with Gasteiger partial charge in [-0.1, -0.05) is 0 Å². The number of carbonyl (C=O) groups is 1. The van der Waals surface area contributed by atoms with Gasteiger partial charge in [-0.25, -0.2) is 0 Å². The minimum Gasteiger partial charge on any atom is -0.404 e. The first-order valence-corrected chi connectivity index (χ1v) is 6.84. The number of nitrogens with zero attached hydrogens (tertiary/aromatic N) is 1. The normalized spacial score (nSPS) is 34.5. The molecule has 0 aromatic rings. The average molecular weight is 300 g/mol. The van der Waals surface area contributed by atoms with Gasteiger partial charge in [0.15, 0.2) is 0 Å². The van der Waals surface area contributed by atoms with E-state index in [-0.39, 0.29) is 11.4 Å². The van der Waals surface area contributed by atoms with Crippen molar-refractivity contribution < 1.29 is 4.79 Å². The van der Waals surface area contributed by atoms with E-state index in [0.29, 0.717) is 12.5 Å². The van der Waals surface area contributed by atoms with Gasteiger partial charge in [0.1, 0.15) is 0 Å². The van der Waals surface area contributed by atoms with Crippen molar-refractivity contribution in [2.24, 2.45) is 10.7 Å². The third-order valence-electron chi connectivity index (χ3n) is 3.72. The Morgan fingerprint density at radius 2 is 2.18 bits per heavy atom. The van der Waals surface area contributed by atoms with E-state index in [9.17, 15) is 4.79 Å². The second kappa shape index (κ2) is 5.21. The fourth-order valence-electron chi connectivity index (χ4n) is 2.67. The highest BCUT2D eigenvalue weighted by Crippen LogP contribution is 2.36. The molecule has 1 spiro atoms. The van der Waals surface area contributed by atoms with Crippen LogP contribution in [-0.4, -0.2) is 23.7 Å². The molecule has 1 amide bonds. The van der Waals surface area contributed by atoms with Gasteiger partial charge in [0.2, 0.25) is 5.91 Å². The summed E-state index contributed by atoms with van der Waals surface area (Å²) in [6, 6.07) is 0.366. The Labute approximate surface area is 110 Å². The van der Waals surface area contributed by atoms with E-state index in [1.54, 1.807) is 6.21 Å². The molecule has 0 unspecified atom stereocenters. The molecule has 2 fully saturated rings. The summed E-state index contributed by atoms with van der Waals surface area (Å²) >= 11 is 3.30. The summed E-state index contributed by atoms with van der Waals surface area (Å²) < 4.78 is 0.812. The molecule has 0 radical (unpaired) electrons. The third-order valence-corrected chi connectivity index (χ3v) is 4.18. The number of amides is 1. The van der Waals surface area contributed by atoms with Crippen LogP contribution in [0.5, 0.6) is 0 Å². The van der Waals surface area contributed by atoms with Crippen LogP contribution in [0.4, 0.5) is 0 Å². The van der Waals surface area contributed by atoms with Crippen LogP contribution in [0.15, 0.2) is 15.7 Å². The molecule has 5 heteroatoms. The minimum atomic E-state index is 0.0873. The summed E-state index contributed by atoms with van der Waals surface area (Å²) in [4.78, 5) is 15.8. The van der Waals surface area contributed by atoms with E-state index in [2.05, 4.69) is 26.2 Å². The van der Waals surface area contributed by atoms with Gasteiger partial charge in [-0.3, -0.25) is 9.79 Å². The molecule has 1 saturated heterocycles. The molecule has 1 saturated carbocycles. The smallest absolute Gasteiger partial charge is 0.220 e. The third kappa shape index (κ3) is 3.09. The second-order valence-electron chi connectivity index (χ2n) is 4.89. The summed E-state index contributed by atoms with van der Waals surface area (Å²) in [6.07, 6.45) is 9.13. The molecule has 3 N–H and O–H groups in total. The van der Waals surface area contributed by atoms with Crippen LogP contribution in [0.1, 0.15) is 38.5 Å². The zero-order valence-electron chi connectivity index (χ0n) is 9.79. The van der Waals surface area contributed by atoms with Gasteiger partial charge in [0, 0.05) is 24.4 Å². The highest BCUT2D eigenvalue weighted by Gasteiger charge is 2.40. The summed E-state index contributed by atoms with van der Waals surface area (Å²) in [6.45, 7) is 0. The minimum absolute atomic E-state index is 0.0873. The number of nitrogens with one attached hydrogen (secondary N) is 1. The summed E-state index contributed by atoms with van der Waals surface area (Å²) in [5.74, 6) is 0.209. The molecule has 0 atom stereocenters. The van der Waals surface area contributed by atoms with E-state index in [4.69, 9.17) is 5.73 Å². The van der Waals surface area contributed by atoms with Crippen molar-refractivity contribution in [3.63, 3.8) is 0 Å². The van der Waals surface area contributed by atoms with Gasteiger partial charge in [0.25, 0.3) is 0 Å². The lowest BCUT2D eigenvalue weighted by Crippen LogP contribution is -2.45. The number of carbonyl (C=O) groups excluding carboxylic acids is 1. The highest BCUT2D eigenvalue weighted by molar-refractivity contribution is 9.12. The topological polar surface area (TPSA) is 67.5 Å². The van der Waals surface area contributed by atoms with Crippen molar-refractivity contribution in [1.82, 2.24) is 5.32 Å². The lowest BCUT2D eigenvalue weighted by Gasteiger charge is -2.35. The number of aliphatic imine (C=N–C) groups is 1. The van der Waals surface area contributed by atoms with Gasteiger partial charge < -0.3 is 11.1 Å². The van der Waals surface area contributed by atoms with Gasteiger partial charge >= 0.3 is 0 Å². The number of rotatable bonds is 2. The predicted octanol–water partition coefficient (Wildman–Crippen LogP) is 1.84. The molecule has 2 rings (SSSR count). The molecule has 2 aliphatic rings. The predicted molar refractivity (Wildman–Crippen MR) is 72.1 cm³/mol. The number of allylic oxidation sites excluding steroid dienone is 1. The lowest BCUT2D eigenvalue weighted by molar-refractivity contribution is -0.120. The Bertz CT molecular complexity index is 357. The molecule has 1 heterocycles. The zero-order valence-corrected chi connectivity index (χ0v) is 11.4. The number of nitrogens with two attached hydrogens (primary N) is 1. The molecule has 0 aromatic carbocycles. The Morgan fingerprint density at radius 3 is 2.71 bits per heavy atom. The molecular formula is C12H18BrN3O. The fraction of sp³-hybridized carbons (Fsp3) is 0.667. The number of halogens is 1. The van der Waals surface area contributed by atoms with Crippen LogP contribution in [0.3, 0.4) is 0 Å². The Balaban J connectivity index is 1.86. The fourth-order valence-corrected chi connectivity index (χ4v) is 2.79. The average Bonchev–Trinajstić information content (AvgIpc) is 2.70. The molecule has 0 aromatic heterocycles. The standard InChI is InChI=1S/C12H18BrN3O/c13-9(7-14)8-15-10-1-4-12(5-2-10)6-3-11(17)16-12/h7-8,10H,1-6,14H2,(H,16,17)/b9-7+,15-8?. The molecule has 1 aliphatic carbocycles. The van der Waals surface area contributed by atoms with Crippen molar-refractivity contribution in [2.45, 2.75) is 50.1 Å². The lowest BCUT2D eigenvalue weighted by atomic mass is 9.79. The molecule has 4 nitrogen and oxygen atoms in total. The molecule has 0 bridgehead atoms. The quantitative estimate of drug-likeness (QED) is 0.764. The van der Waals surface area contributed by atoms with Crippen LogP contribution in [-0.2, 0) is 4.79 Å². The first-order chi connectivity index (χ1) is 8.13. The van der Waals surface area contributed by atoms with Crippen molar-refractivity contribution in [2.75, 3.05) is 0 Å².